The van der Waals surface area contributed by atoms with Crippen molar-refractivity contribution >= 4 is 11.8 Å². The van der Waals surface area contributed by atoms with E-state index in [0.717, 1.165) is 55.7 Å². The van der Waals surface area contributed by atoms with E-state index in [1.165, 1.54) is 5.56 Å². The summed E-state index contributed by atoms with van der Waals surface area (Å²) in [4.78, 5) is 29.6. The van der Waals surface area contributed by atoms with Crippen molar-refractivity contribution in [1.29, 1.82) is 0 Å². The molecule has 3 aromatic rings. The lowest BCUT2D eigenvalue weighted by atomic mass is 9.86. The number of nitrogens with one attached hydrogen (secondary N) is 1. The summed E-state index contributed by atoms with van der Waals surface area (Å²) in [6, 6.07) is 24.6. The molecule has 1 atom stereocenters. The Morgan fingerprint density at radius 2 is 1.56 bits per heavy atom. The number of nitrogens with zero attached hydrogens (tertiary/aromatic N) is 2. The highest BCUT2D eigenvalue weighted by atomic mass is 16.2. The normalized spacial score (nSPS) is 23.8. The SMILES string of the molecule is CC1CCC(NC(=O)[C@@]2(C)Cn3c(ccc3-c3ccccc3)C(=O)N2CCCc2ccccc2)CC1. The third-order valence-electron chi connectivity index (χ3n) is 8.11. The molecule has 1 N–H and O–H groups in total. The fourth-order valence-electron chi connectivity index (χ4n) is 5.82. The van der Waals surface area contributed by atoms with Crippen molar-refractivity contribution in [1.82, 2.24) is 14.8 Å². The first-order chi connectivity index (χ1) is 17.5. The second kappa shape index (κ2) is 10.3. The van der Waals surface area contributed by atoms with Crippen LogP contribution in [0, 0.1) is 5.92 Å². The number of aryl methyl sites for hydroxylation is 1. The van der Waals surface area contributed by atoms with Crippen molar-refractivity contribution in [2.75, 3.05) is 6.54 Å². The quantitative estimate of drug-likeness (QED) is 0.469. The Morgan fingerprint density at radius 3 is 2.25 bits per heavy atom. The molecule has 5 rings (SSSR count). The number of aromatic nitrogens is 1. The Bertz CT molecular complexity index is 1200. The van der Waals surface area contributed by atoms with Crippen LogP contribution in [0.4, 0.5) is 0 Å². The summed E-state index contributed by atoms with van der Waals surface area (Å²) < 4.78 is 2.05. The molecule has 2 amide bonds. The number of carbonyl (C=O) groups excluding carboxylic acids is 2. The number of benzene rings is 2. The molecule has 5 heteroatoms. The average molecular weight is 484 g/mol. The zero-order valence-corrected chi connectivity index (χ0v) is 21.5. The van der Waals surface area contributed by atoms with Crippen LogP contribution in [0.15, 0.2) is 72.8 Å². The smallest absolute Gasteiger partial charge is 0.271 e. The summed E-state index contributed by atoms with van der Waals surface area (Å²) in [6.07, 6.45) is 5.98. The van der Waals surface area contributed by atoms with Crippen molar-refractivity contribution in [2.45, 2.75) is 70.5 Å². The maximum absolute atomic E-state index is 13.9. The second-order valence-electron chi connectivity index (χ2n) is 10.8. The zero-order chi connectivity index (χ0) is 25.1. The molecule has 1 fully saturated rings. The van der Waals surface area contributed by atoms with Crippen LogP contribution in [0.5, 0.6) is 0 Å². The van der Waals surface area contributed by atoms with Crippen LogP contribution in [-0.4, -0.2) is 39.4 Å². The molecule has 1 aliphatic heterocycles. The highest BCUT2D eigenvalue weighted by molar-refractivity contribution is 6.00. The summed E-state index contributed by atoms with van der Waals surface area (Å²) in [5.41, 5.74) is 2.99. The maximum Gasteiger partial charge on any atom is 0.271 e. The van der Waals surface area contributed by atoms with Crippen molar-refractivity contribution in [2.24, 2.45) is 5.92 Å². The Morgan fingerprint density at radius 1 is 0.917 bits per heavy atom. The van der Waals surface area contributed by atoms with Crippen molar-refractivity contribution < 1.29 is 9.59 Å². The van der Waals surface area contributed by atoms with Gasteiger partial charge in [0.05, 0.1) is 6.54 Å². The van der Waals surface area contributed by atoms with Crippen molar-refractivity contribution in [3.05, 3.63) is 84.1 Å². The largest absolute Gasteiger partial charge is 0.351 e. The van der Waals surface area contributed by atoms with Gasteiger partial charge in [0.1, 0.15) is 11.2 Å². The molecule has 188 valence electrons. The van der Waals surface area contributed by atoms with E-state index >= 15 is 0 Å². The molecular weight excluding hydrogens is 446 g/mol. The summed E-state index contributed by atoms with van der Waals surface area (Å²) in [7, 11) is 0. The van der Waals surface area contributed by atoms with E-state index in [2.05, 4.69) is 36.5 Å². The molecule has 1 aliphatic carbocycles. The number of rotatable bonds is 7. The van der Waals surface area contributed by atoms with Crippen LogP contribution in [0.25, 0.3) is 11.3 Å². The first kappa shape index (κ1) is 24.4. The van der Waals surface area contributed by atoms with Gasteiger partial charge in [0.2, 0.25) is 5.91 Å². The van der Waals surface area contributed by atoms with E-state index in [1.807, 2.05) is 64.9 Å². The Hall–Kier alpha value is -3.34. The summed E-state index contributed by atoms with van der Waals surface area (Å²) >= 11 is 0. The second-order valence-corrected chi connectivity index (χ2v) is 10.8. The molecule has 2 heterocycles. The van der Waals surface area contributed by atoms with Crippen LogP contribution in [0.3, 0.4) is 0 Å². The molecule has 5 nitrogen and oxygen atoms in total. The van der Waals surface area contributed by atoms with Crippen molar-refractivity contribution in [3.63, 3.8) is 0 Å². The van der Waals surface area contributed by atoms with Gasteiger partial charge in [-0.1, -0.05) is 67.6 Å². The van der Waals surface area contributed by atoms with Crippen LogP contribution in [-0.2, 0) is 17.8 Å². The predicted octanol–water partition coefficient (Wildman–Crippen LogP) is 5.70. The number of carbonyl (C=O) groups is 2. The fourth-order valence-corrected chi connectivity index (χ4v) is 5.82. The third-order valence-corrected chi connectivity index (χ3v) is 8.11. The van der Waals surface area contributed by atoms with E-state index in [9.17, 15) is 9.59 Å². The number of amides is 2. The summed E-state index contributed by atoms with van der Waals surface area (Å²) in [6.45, 7) is 5.23. The van der Waals surface area contributed by atoms with Gasteiger partial charge in [0.15, 0.2) is 0 Å². The predicted molar refractivity (Wildman–Crippen MR) is 144 cm³/mol. The standard InChI is InChI=1S/C31H37N3O2/c1-23-15-17-26(18-16-23)32-30(36)31(2)22-33-27(25-13-7-4-8-14-25)19-20-28(33)29(35)34(31)21-9-12-24-10-5-3-6-11-24/h3-8,10-11,13-14,19-20,23,26H,9,12,15-18,21-22H2,1-2H3,(H,32,36)/t23?,26?,31-/m1/s1. The highest BCUT2D eigenvalue weighted by Crippen LogP contribution is 2.34. The first-order valence-corrected chi connectivity index (χ1v) is 13.4. The molecular formula is C31H37N3O2. The minimum atomic E-state index is -0.952. The van der Waals surface area contributed by atoms with Gasteiger partial charge in [-0.15, -0.1) is 0 Å². The van der Waals surface area contributed by atoms with Crippen LogP contribution >= 0.6 is 0 Å². The molecule has 1 saturated carbocycles. The van der Waals surface area contributed by atoms with Gasteiger partial charge in [-0.25, -0.2) is 0 Å². The Labute approximate surface area is 214 Å². The molecule has 0 radical (unpaired) electrons. The minimum Gasteiger partial charge on any atom is -0.351 e. The average Bonchev–Trinajstić information content (AvgIpc) is 3.32. The lowest BCUT2D eigenvalue weighted by Crippen LogP contribution is -2.65. The molecule has 1 aromatic heterocycles. The first-order valence-electron chi connectivity index (χ1n) is 13.4. The molecule has 2 aliphatic rings. The number of hydrogen-bond acceptors (Lipinski definition) is 2. The molecule has 2 aromatic carbocycles. The van der Waals surface area contributed by atoms with E-state index in [1.54, 1.807) is 0 Å². The topological polar surface area (TPSA) is 54.3 Å². The number of hydrogen-bond donors (Lipinski definition) is 1. The van der Waals surface area contributed by atoms with Gasteiger partial charge < -0.3 is 14.8 Å². The highest BCUT2D eigenvalue weighted by Gasteiger charge is 2.48. The van der Waals surface area contributed by atoms with E-state index in [-0.39, 0.29) is 17.9 Å². The van der Waals surface area contributed by atoms with Crippen LogP contribution < -0.4 is 5.32 Å². The fraction of sp³-hybridized carbons (Fsp3) is 0.419. The van der Waals surface area contributed by atoms with Gasteiger partial charge in [-0.3, -0.25) is 9.59 Å². The molecule has 0 bridgehead atoms. The maximum atomic E-state index is 13.9. The lowest BCUT2D eigenvalue weighted by Gasteiger charge is -2.45. The van der Waals surface area contributed by atoms with Gasteiger partial charge in [-0.2, -0.15) is 0 Å². The van der Waals surface area contributed by atoms with E-state index < -0.39 is 5.54 Å². The van der Waals surface area contributed by atoms with Gasteiger partial charge in [0, 0.05) is 18.3 Å². The zero-order valence-electron chi connectivity index (χ0n) is 21.5. The van der Waals surface area contributed by atoms with Crippen LogP contribution in [0.1, 0.15) is 62.0 Å². The summed E-state index contributed by atoms with van der Waals surface area (Å²) in [5.74, 6) is 0.621. The van der Waals surface area contributed by atoms with Gasteiger partial charge >= 0.3 is 0 Å². The molecule has 0 unspecified atom stereocenters. The van der Waals surface area contributed by atoms with Gasteiger partial charge in [-0.05, 0) is 74.6 Å². The molecule has 0 spiro atoms. The van der Waals surface area contributed by atoms with E-state index in [0.29, 0.717) is 18.8 Å². The summed E-state index contributed by atoms with van der Waals surface area (Å²) in [5, 5.41) is 3.34. The Kier molecular flexibility index (Phi) is 6.99. The van der Waals surface area contributed by atoms with Crippen molar-refractivity contribution in [3.8, 4) is 11.3 Å². The third kappa shape index (κ3) is 4.84. The molecule has 0 saturated heterocycles. The van der Waals surface area contributed by atoms with Gasteiger partial charge in [0.25, 0.3) is 5.91 Å². The van der Waals surface area contributed by atoms with E-state index in [4.69, 9.17) is 0 Å². The van der Waals surface area contributed by atoms with Crippen LogP contribution in [0.2, 0.25) is 0 Å². The minimum absolute atomic E-state index is 0.0338. The molecule has 36 heavy (non-hydrogen) atoms. The lowest BCUT2D eigenvalue weighted by molar-refractivity contribution is -0.133. The Balaban J connectivity index is 1.43. The number of fused-ring (bicyclic) bond motifs is 1. The monoisotopic (exact) mass is 483 g/mol.